The molecule has 2 nitrogen and oxygen atoms in total. The fraction of sp³-hybridized carbons (Fsp3) is 0.118. The van der Waals surface area contributed by atoms with Crippen molar-refractivity contribution in [1.82, 2.24) is 0 Å². The van der Waals surface area contributed by atoms with Crippen LogP contribution in [0.25, 0.3) is 6.08 Å². The number of rotatable bonds is 3. The van der Waals surface area contributed by atoms with E-state index in [4.69, 9.17) is 23.2 Å². The molecule has 0 heterocycles. The normalized spacial score (nSPS) is 10.9. The highest BCUT2D eigenvalue weighted by Gasteiger charge is 2.07. The summed E-state index contributed by atoms with van der Waals surface area (Å²) in [5, 5.41) is 3.93. The molecule has 2 rings (SSSR count). The molecule has 0 atom stereocenters. The van der Waals surface area contributed by atoms with Crippen molar-refractivity contribution >= 4 is 40.9 Å². The predicted molar refractivity (Wildman–Crippen MR) is 90.0 cm³/mol. The SMILES string of the molecule is Cc1cc(C)c(NC(=O)/C=C/c2ccccc2Cl)c(Cl)c1. The van der Waals surface area contributed by atoms with Crippen LogP contribution in [0.3, 0.4) is 0 Å². The van der Waals surface area contributed by atoms with Gasteiger partial charge in [0.15, 0.2) is 0 Å². The topological polar surface area (TPSA) is 29.1 Å². The minimum absolute atomic E-state index is 0.247. The summed E-state index contributed by atoms with van der Waals surface area (Å²) in [5.74, 6) is -0.247. The molecule has 0 aliphatic carbocycles. The van der Waals surface area contributed by atoms with Crippen LogP contribution in [0.5, 0.6) is 0 Å². The average molecular weight is 320 g/mol. The monoisotopic (exact) mass is 319 g/mol. The number of amides is 1. The number of halogens is 2. The van der Waals surface area contributed by atoms with Crippen LogP contribution in [-0.4, -0.2) is 5.91 Å². The lowest BCUT2D eigenvalue weighted by Gasteiger charge is -2.10. The lowest BCUT2D eigenvalue weighted by atomic mass is 10.1. The van der Waals surface area contributed by atoms with Crippen LogP contribution in [0, 0.1) is 13.8 Å². The van der Waals surface area contributed by atoms with Crippen LogP contribution in [0.4, 0.5) is 5.69 Å². The molecule has 0 fully saturated rings. The number of nitrogens with one attached hydrogen (secondary N) is 1. The molecule has 21 heavy (non-hydrogen) atoms. The maximum absolute atomic E-state index is 12.0. The summed E-state index contributed by atoms with van der Waals surface area (Å²) < 4.78 is 0. The first-order chi connectivity index (χ1) is 9.97. The van der Waals surface area contributed by atoms with E-state index in [1.807, 2.05) is 44.2 Å². The van der Waals surface area contributed by atoms with Crippen molar-refractivity contribution in [2.75, 3.05) is 5.32 Å². The van der Waals surface area contributed by atoms with Crippen LogP contribution in [-0.2, 0) is 4.79 Å². The van der Waals surface area contributed by atoms with Crippen molar-refractivity contribution in [1.29, 1.82) is 0 Å². The summed E-state index contributed by atoms with van der Waals surface area (Å²) >= 11 is 12.2. The molecule has 0 bridgehead atoms. The largest absolute Gasteiger partial charge is 0.321 e. The Labute approximate surface area is 134 Å². The van der Waals surface area contributed by atoms with E-state index < -0.39 is 0 Å². The second-order valence-electron chi connectivity index (χ2n) is 4.78. The fourth-order valence-corrected chi connectivity index (χ4v) is 2.58. The standard InChI is InChI=1S/C17H15Cl2NO/c1-11-9-12(2)17(15(19)10-11)20-16(21)8-7-13-5-3-4-6-14(13)18/h3-10H,1-2H3,(H,20,21)/b8-7+. The number of aryl methyl sites for hydroxylation is 2. The van der Waals surface area contributed by atoms with Crippen LogP contribution >= 0.6 is 23.2 Å². The predicted octanol–water partition coefficient (Wildman–Crippen LogP) is 5.26. The first-order valence-electron chi connectivity index (χ1n) is 6.47. The van der Waals surface area contributed by atoms with Crippen molar-refractivity contribution in [2.24, 2.45) is 0 Å². The Kier molecular flexibility index (Phi) is 5.05. The first-order valence-corrected chi connectivity index (χ1v) is 7.23. The van der Waals surface area contributed by atoms with Gasteiger partial charge in [0.05, 0.1) is 10.7 Å². The molecule has 0 unspecified atom stereocenters. The number of carbonyl (C=O) groups excluding carboxylic acids is 1. The summed E-state index contributed by atoms with van der Waals surface area (Å²) in [5.41, 5.74) is 3.42. The summed E-state index contributed by atoms with van der Waals surface area (Å²) in [7, 11) is 0. The van der Waals surface area contributed by atoms with Gasteiger partial charge in [-0.1, -0.05) is 47.5 Å². The van der Waals surface area contributed by atoms with Crippen molar-refractivity contribution in [2.45, 2.75) is 13.8 Å². The number of benzene rings is 2. The molecular formula is C17H15Cl2NO. The van der Waals surface area contributed by atoms with Crippen molar-refractivity contribution < 1.29 is 4.79 Å². The maximum atomic E-state index is 12.0. The minimum atomic E-state index is -0.247. The van der Waals surface area contributed by atoms with Gasteiger partial charge in [0.1, 0.15) is 0 Å². The van der Waals surface area contributed by atoms with Gasteiger partial charge in [-0.2, -0.15) is 0 Å². The highest BCUT2D eigenvalue weighted by Crippen LogP contribution is 2.27. The van der Waals surface area contributed by atoms with E-state index in [0.717, 1.165) is 16.7 Å². The Morgan fingerprint density at radius 1 is 1.10 bits per heavy atom. The number of anilines is 1. The molecule has 0 saturated carbocycles. The van der Waals surface area contributed by atoms with Crippen molar-refractivity contribution in [3.8, 4) is 0 Å². The lowest BCUT2D eigenvalue weighted by Crippen LogP contribution is -2.09. The zero-order chi connectivity index (χ0) is 15.4. The Morgan fingerprint density at radius 3 is 2.48 bits per heavy atom. The summed E-state index contributed by atoms with van der Waals surface area (Å²) in [6.07, 6.45) is 3.12. The average Bonchev–Trinajstić information content (AvgIpc) is 2.42. The number of hydrogen-bond donors (Lipinski definition) is 1. The zero-order valence-electron chi connectivity index (χ0n) is 11.8. The van der Waals surface area contributed by atoms with E-state index in [0.29, 0.717) is 15.7 Å². The van der Waals surface area contributed by atoms with E-state index in [1.165, 1.54) is 6.08 Å². The molecule has 4 heteroatoms. The molecule has 108 valence electrons. The van der Waals surface area contributed by atoms with E-state index in [1.54, 1.807) is 12.1 Å². The van der Waals surface area contributed by atoms with Gasteiger partial charge >= 0.3 is 0 Å². The van der Waals surface area contributed by atoms with Gasteiger partial charge in [0.2, 0.25) is 5.91 Å². The Hall–Kier alpha value is -1.77. The second kappa shape index (κ2) is 6.79. The molecule has 1 amide bonds. The molecule has 2 aromatic carbocycles. The molecule has 0 aliphatic heterocycles. The second-order valence-corrected chi connectivity index (χ2v) is 5.60. The fourth-order valence-electron chi connectivity index (χ4n) is 2.01. The van der Waals surface area contributed by atoms with E-state index in [2.05, 4.69) is 5.32 Å². The third-order valence-corrected chi connectivity index (χ3v) is 3.64. The van der Waals surface area contributed by atoms with Gasteiger partial charge in [0, 0.05) is 11.1 Å². The van der Waals surface area contributed by atoms with Crippen molar-refractivity contribution in [3.05, 3.63) is 69.2 Å². The quantitative estimate of drug-likeness (QED) is 0.768. The van der Waals surface area contributed by atoms with E-state index in [-0.39, 0.29) is 5.91 Å². The zero-order valence-corrected chi connectivity index (χ0v) is 13.3. The summed E-state index contributed by atoms with van der Waals surface area (Å²) in [6, 6.07) is 11.1. The van der Waals surface area contributed by atoms with Crippen LogP contribution in [0.2, 0.25) is 10.0 Å². The van der Waals surface area contributed by atoms with E-state index >= 15 is 0 Å². The molecule has 0 aliphatic rings. The Morgan fingerprint density at radius 2 is 1.81 bits per heavy atom. The Bertz CT molecular complexity index is 685. The molecule has 0 radical (unpaired) electrons. The van der Waals surface area contributed by atoms with Gasteiger partial charge < -0.3 is 5.32 Å². The van der Waals surface area contributed by atoms with Crippen LogP contribution < -0.4 is 5.32 Å². The summed E-state index contributed by atoms with van der Waals surface area (Å²) in [6.45, 7) is 3.87. The summed E-state index contributed by atoms with van der Waals surface area (Å²) in [4.78, 5) is 12.0. The van der Waals surface area contributed by atoms with Gasteiger partial charge in [-0.15, -0.1) is 0 Å². The molecule has 2 aromatic rings. The first kappa shape index (κ1) is 15.6. The molecular weight excluding hydrogens is 305 g/mol. The van der Waals surface area contributed by atoms with Gasteiger partial charge in [-0.3, -0.25) is 4.79 Å². The third-order valence-electron chi connectivity index (χ3n) is 3.00. The maximum Gasteiger partial charge on any atom is 0.248 e. The minimum Gasteiger partial charge on any atom is -0.321 e. The van der Waals surface area contributed by atoms with Crippen LogP contribution in [0.1, 0.15) is 16.7 Å². The number of hydrogen-bond acceptors (Lipinski definition) is 1. The highest BCUT2D eigenvalue weighted by molar-refractivity contribution is 6.34. The van der Waals surface area contributed by atoms with Crippen molar-refractivity contribution in [3.63, 3.8) is 0 Å². The Balaban J connectivity index is 2.15. The highest BCUT2D eigenvalue weighted by atomic mass is 35.5. The van der Waals surface area contributed by atoms with Gasteiger partial charge in [-0.05, 0) is 48.7 Å². The van der Waals surface area contributed by atoms with Gasteiger partial charge in [0.25, 0.3) is 0 Å². The van der Waals surface area contributed by atoms with E-state index in [9.17, 15) is 4.79 Å². The molecule has 0 spiro atoms. The molecule has 0 saturated heterocycles. The number of carbonyl (C=O) groups is 1. The van der Waals surface area contributed by atoms with Gasteiger partial charge in [-0.25, -0.2) is 0 Å². The van der Waals surface area contributed by atoms with Crippen LogP contribution in [0.15, 0.2) is 42.5 Å². The lowest BCUT2D eigenvalue weighted by molar-refractivity contribution is -0.111. The smallest absolute Gasteiger partial charge is 0.248 e. The molecule has 1 N–H and O–H groups in total. The third kappa shape index (κ3) is 4.10. The molecule has 0 aromatic heterocycles.